The van der Waals surface area contributed by atoms with Gasteiger partial charge in [-0.15, -0.1) is 0 Å². The molecule has 1 aromatic rings. The highest BCUT2D eigenvalue weighted by molar-refractivity contribution is 7.98. The minimum absolute atomic E-state index is 0.0720. The molecule has 112 valence electrons. The van der Waals surface area contributed by atoms with Gasteiger partial charge in [-0.1, -0.05) is 12.1 Å². The molecule has 0 bridgehead atoms. The highest BCUT2D eigenvalue weighted by Crippen LogP contribution is 2.12. The Balaban J connectivity index is 2.30. The fourth-order valence-electron chi connectivity index (χ4n) is 1.84. The summed E-state index contributed by atoms with van der Waals surface area (Å²) < 4.78 is 0. The smallest absolute Gasteiger partial charge is 0.237 e. The summed E-state index contributed by atoms with van der Waals surface area (Å²) in [5.41, 5.74) is 6.97. The molecule has 0 saturated heterocycles. The molecule has 1 rings (SSSR count). The first-order valence-electron chi connectivity index (χ1n) is 6.85. The molecule has 0 aliphatic heterocycles. The van der Waals surface area contributed by atoms with E-state index < -0.39 is 6.04 Å². The largest absolute Gasteiger partial charge is 0.508 e. The zero-order valence-electron chi connectivity index (χ0n) is 12.1. The van der Waals surface area contributed by atoms with Crippen LogP contribution in [0.25, 0.3) is 0 Å². The number of aromatic hydroxyl groups is 1. The number of amides is 1. The molecule has 0 radical (unpaired) electrons. The number of thioether (sulfide) groups is 1. The van der Waals surface area contributed by atoms with Crippen LogP contribution < -0.4 is 11.1 Å². The number of carbonyl (C=O) groups excluding carboxylic acids is 1. The summed E-state index contributed by atoms with van der Waals surface area (Å²) in [6.07, 6.45) is 4.43. The number of rotatable bonds is 8. The number of nitrogens with one attached hydrogen (secondary N) is 1. The number of phenolic OH excluding ortho intramolecular Hbond substituents is 1. The third kappa shape index (κ3) is 6.30. The van der Waals surface area contributed by atoms with Crippen molar-refractivity contribution in [1.82, 2.24) is 5.32 Å². The molecule has 0 spiro atoms. The topological polar surface area (TPSA) is 75.4 Å². The quantitative estimate of drug-likeness (QED) is 0.685. The highest BCUT2D eigenvalue weighted by Gasteiger charge is 2.15. The molecular weight excluding hydrogens is 272 g/mol. The summed E-state index contributed by atoms with van der Waals surface area (Å²) >= 11 is 1.69. The lowest BCUT2D eigenvalue weighted by Crippen LogP contribution is -2.44. The monoisotopic (exact) mass is 296 g/mol. The fraction of sp³-hybridized carbons (Fsp3) is 0.533. The molecule has 0 fully saturated rings. The van der Waals surface area contributed by atoms with Gasteiger partial charge in [-0.3, -0.25) is 4.79 Å². The van der Waals surface area contributed by atoms with Gasteiger partial charge in [-0.25, -0.2) is 0 Å². The maximum atomic E-state index is 11.8. The van der Waals surface area contributed by atoms with Crippen molar-refractivity contribution < 1.29 is 9.90 Å². The average Bonchev–Trinajstić information content (AvgIpc) is 2.44. The van der Waals surface area contributed by atoms with Gasteiger partial charge in [-0.05, 0) is 55.9 Å². The molecule has 5 heteroatoms. The van der Waals surface area contributed by atoms with Gasteiger partial charge in [0.05, 0.1) is 6.04 Å². The normalized spacial score (nSPS) is 13.8. The van der Waals surface area contributed by atoms with Crippen molar-refractivity contribution in [1.29, 1.82) is 0 Å². The van der Waals surface area contributed by atoms with Gasteiger partial charge in [0.1, 0.15) is 5.75 Å². The van der Waals surface area contributed by atoms with Crippen molar-refractivity contribution in [2.45, 2.75) is 38.3 Å². The van der Waals surface area contributed by atoms with Gasteiger partial charge in [0.2, 0.25) is 5.91 Å². The molecule has 0 aliphatic rings. The minimum atomic E-state index is -0.418. The second kappa shape index (κ2) is 8.87. The molecule has 4 N–H and O–H groups in total. The highest BCUT2D eigenvalue weighted by atomic mass is 32.2. The van der Waals surface area contributed by atoms with Gasteiger partial charge in [0.25, 0.3) is 0 Å². The summed E-state index contributed by atoms with van der Waals surface area (Å²) in [5.74, 6) is 1.10. The van der Waals surface area contributed by atoms with Gasteiger partial charge >= 0.3 is 0 Å². The number of nitrogens with two attached hydrogens (primary N) is 1. The van der Waals surface area contributed by atoms with E-state index in [1.165, 1.54) is 0 Å². The van der Waals surface area contributed by atoms with E-state index in [1.807, 2.05) is 25.3 Å². The Labute approximate surface area is 125 Å². The van der Waals surface area contributed by atoms with E-state index in [0.29, 0.717) is 6.42 Å². The van der Waals surface area contributed by atoms with E-state index in [9.17, 15) is 9.90 Å². The summed E-state index contributed by atoms with van der Waals surface area (Å²) in [6, 6.07) is 6.82. The first-order chi connectivity index (χ1) is 9.52. The lowest BCUT2D eigenvalue weighted by molar-refractivity contribution is -0.123. The Kier molecular flexibility index (Phi) is 7.47. The van der Waals surface area contributed by atoms with Crippen LogP contribution in [0.2, 0.25) is 0 Å². The van der Waals surface area contributed by atoms with Gasteiger partial charge < -0.3 is 16.2 Å². The fourth-order valence-corrected chi connectivity index (χ4v) is 2.33. The number of phenols is 1. The Morgan fingerprint density at radius 2 is 2.00 bits per heavy atom. The van der Waals surface area contributed by atoms with Gasteiger partial charge in [-0.2, -0.15) is 11.8 Å². The van der Waals surface area contributed by atoms with Crippen LogP contribution >= 0.6 is 11.8 Å². The van der Waals surface area contributed by atoms with E-state index >= 15 is 0 Å². The van der Waals surface area contributed by atoms with Crippen LogP contribution in [0, 0.1) is 0 Å². The summed E-state index contributed by atoms with van der Waals surface area (Å²) in [5, 5.41) is 12.2. The van der Waals surface area contributed by atoms with Crippen molar-refractivity contribution in [3.63, 3.8) is 0 Å². The Bertz CT molecular complexity index is 409. The number of aryl methyl sites for hydroxylation is 1. The molecule has 0 aliphatic carbocycles. The number of benzene rings is 1. The molecule has 0 heterocycles. The number of hydrogen-bond acceptors (Lipinski definition) is 4. The van der Waals surface area contributed by atoms with E-state index in [4.69, 9.17) is 5.73 Å². The van der Waals surface area contributed by atoms with Crippen LogP contribution in [0.15, 0.2) is 24.3 Å². The predicted octanol–water partition coefficient (Wildman–Crippen LogP) is 1.91. The van der Waals surface area contributed by atoms with Crippen molar-refractivity contribution in [3.8, 4) is 5.75 Å². The summed E-state index contributed by atoms with van der Waals surface area (Å²) in [6.45, 7) is 1.99. The van der Waals surface area contributed by atoms with E-state index in [-0.39, 0.29) is 17.7 Å². The Hall–Kier alpha value is -1.20. The number of carbonyl (C=O) groups is 1. The third-order valence-corrected chi connectivity index (χ3v) is 3.80. The van der Waals surface area contributed by atoms with Crippen LogP contribution in [0.4, 0.5) is 0 Å². The summed E-state index contributed by atoms with van der Waals surface area (Å²) in [7, 11) is 0. The maximum Gasteiger partial charge on any atom is 0.237 e. The maximum absolute atomic E-state index is 11.8. The summed E-state index contributed by atoms with van der Waals surface area (Å²) in [4.78, 5) is 11.8. The molecule has 1 amide bonds. The molecule has 2 atom stereocenters. The van der Waals surface area contributed by atoms with Gasteiger partial charge in [0.15, 0.2) is 0 Å². The third-order valence-electron chi connectivity index (χ3n) is 3.16. The van der Waals surface area contributed by atoms with Crippen molar-refractivity contribution in [2.24, 2.45) is 5.73 Å². The van der Waals surface area contributed by atoms with Crippen LogP contribution in [0.3, 0.4) is 0 Å². The Morgan fingerprint density at radius 1 is 1.35 bits per heavy atom. The number of hydrogen-bond donors (Lipinski definition) is 3. The standard InChI is InChI=1S/C15H24N2O2S/c1-11(17-15(19)14(16)9-10-20-2)3-4-12-5-7-13(18)8-6-12/h5-8,11,14,18H,3-4,9-10,16H2,1-2H3,(H,17,19)/t11?,14-/m1/s1. The predicted molar refractivity (Wildman–Crippen MR) is 85.0 cm³/mol. The van der Waals surface area contributed by atoms with Crippen LogP contribution in [-0.4, -0.2) is 35.1 Å². The van der Waals surface area contributed by atoms with Crippen LogP contribution in [0.5, 0.6) is 5.75 Å². The zero-order chi connectivity index (χ0) is 15.0. The first kappa shape index (κ1) is 16.9. The van der Waals surface area contributed by atoms with Crippen molar-refractivity contribution >= 4 is 17.7 Å². The molecule has 20 heavy (non-hydrogen) atoms. The lowest BCUT2D eigenvalue weighted by Gasteiger charge is -2.17. The van der Waals surface area contributed by atoms with Crippen LogP contribution in [0.1, 0.15) is 25.3 Å². The molecule has 4 nitrogen and oxygen atoms in total. The molecule has 1 aromatic carbocycles. The second-order valence-electron chi connectivity index (χ2n) is 5.00. The molecular formula is C15H24N2O2S. The molecule has 0 saturated carbocycles. The van der Waals surface area contributed by atoms with Crippen molar-refractivity contribution in [2.75, 3.05) is 12.0 Å². The second-order valence-corrected chi connectivity index (χ2v) is 5.99. The van der Waals surface area contributed by atoms with Gasteiger partial charge in [0, 0.05) is 6.04 Å². The minimum Gasteiger partial charge on any atom is -0.508 e. The van der Waals surface area contributed by atoms with Crippen molar-refractivity contribution in [3.05, 3.63) is 29.8 Å². The SMILES string of the molecule is CSCC[C@@H](N)C(=O)NC(C)CCc1ccc(O)cc1. The van der Waals surface area contributed by atoms with E-state index in [0.717, 1.165) is 24.2 Å². The molecule has 1 unspecified atom stereocenters. The van der Waals surface area contributed by atoms with Crippen LogP contribution in [-0.2, 0) is 11.2 Å². The molecule has 0 aromatic heterocycles. The zero-order valence-corrected chi connectivity index (χ0v) is 13.0. The Morgan fingerprint density at radius 3 is 2.60 bits per heavy atom. The van der Waals surface area contributed by atoms with E-state index in [2.05, 4.69) is 5.32 Å². The first-order valence-corrected chi connectivity index (χ1v) is 8.25. The average molecular weight is 296 g/mol. The lowest BCUT2D eigenvalue weighted by atomic mass is 10.1. The van der Waals surface area contributed by atoms with E-state index in [1.54, 1.807) is 23.9 Å².